The summed E-state index contributed by atoms with van der Waals surface area (Å²) in [6, 6.07) is 0.396. The molecule has 0 aromatic heterocycles. The monoisotopic (exact) mass is 156 g/mol. The Morgan fingerprint density at radius 3 is 2.45 bits per heavy atom. The average Bonchev–Trinajstić information content (AvgIpc) is 2.06. The molecule has 2 nitrogen and oxygen atoms in total. The molecule has 1 rings (SSSR count). The lowest BCUT2D eigenvalue weighted by Crippen LogP contribution is -2.39. The lowest BCUT2D eigenvalue weighted by Gasteiger charge is -2.28. The quantitative estimate of drug-likeness (QED) is 0.665. The molecule has 0 amide bonds. The molecule has 66 valence electrons. The van der Waals surface area contributed by atoms with Crippen LogP contribution in [-0.4, -0.2) is 30.6 Å². The summed E-state index contributed by atoms with van der Waals surface area (Å²) in [5, 5.41) is 0. The van der Waals surface area contributed by atoms with E-state index >= 15 is 0 Å². The van der Waals surface area contributed by atoms with Gasteiger partial charge in [-0.3, -0.25) is 0 Å². The molecule has 1 aliphatic rings. The van der Waals surface area contributed by atoms with Gasteiger partial charge in [0.25, 0.3) is 0 Å². The highest BCUT2D eigenvalue weighted by Crippen LogP contribution is 2.08. The fraction of sp³-hybridized carbons (Fsp3) is 1.00. The predicted octanol–water partition coefficient (Wildman–Crippen LogP) is 1.21. The normalized spacial score (nSPS) is 23.5. The van der Waals surface area contributed by atoms with Crippen LogP contribution in [0.4, 0.5) is 0 Å². The van der Waals surface area contributed by atoms with Crippen LogP contribution in [0.25, 0.3) is 0 Å². The maximum absolute atomic E-state index is 5.86. The van der Waals surface area contributed by atoms with Gasteiger partial charge in [0, 0.05) is 12.6 Å². The fourth-order valence-electron chi connectivity index (χ4n) is 1.60. The fourth-order valence-corrected chi connectivity index (χ4v) is 1.60. The van der Waals surface area contributed by atoms with E-state index < -0.39 is 0 Å². The van der Waals surface area contributed by atoms with Gasteiger partial charge in [-0.05, 0) is 32.4 Å². The van der Waals surface area contributed by atoms with Crippen molar-refractivity contribution in [3.05, 3.63) is 0 Å². The maximum atomic E-state index is 5.86. The first-order valence-corrected chi connectivity index (χ1v) is 4.81. The van der Waals surface area contributed by atoms with Crippen LogP contribution in [0, 0.1) is 0 Å². The van der Waals surface area contributed by atoms with Gasteiger partial charge >= 0.3 is 0 Å². The Morgan fingerprint density at radius 2 is 1.91 bits per heavy atom. The maximum Gasteiger partial charge on any atom is 0.0165 e. The number of nitrogens with two attached hydrogens (primary N) is 1. The van der Waals surface area contributed by atoms with Crippen molar-refractivity contribution in [3.8, 4) is 0 Å². The largest absolute Gasteiger partial charge is 0.327 e. The standard InChI is InChI=1S/C9H20N2/c1-2-9(10)8-11-6-4-3-5-7-11/h9H,2-8,10H2,1H3. The number of rotatable bonds is 3. The minimum Gasteiger partial charge on any atom is -0.327 e. The van der Waals surface area contributed by atoms with Crippen molar-refractivity contribution < 1.29 is 0 Å². The Labute approximate surface area is 69.8 Å². The van der Waals surface area contributed by atoms with Crippen molar-refractivity contribution >= 4 is 0 Å². The highest BCUT2D eigenvalue weighted by Gasteiger charge is 2.11. The third kappa shape index (κ3) is 3.21. The van der Waals surface area contributed by atoms with E-state index in [0.717, 1.165) is 13.0 Å². The molecule has 2 N–H and O–H groups in total. The molecule has 0 aromatic carbocycles. The Hall–Kier alpha value is -0.0800. The van der Waals surface area contributed by atoms with Crippen molar-refractivity contribution in [2.45, 2.75) is 38.6 Å². The average molecular weight is 156 g/mol. The molecule has 11 heavy (non-hydrogen) atoms. The molecule has 0 aromatic rings. The van der Waals surface area contributed by atoms with E-state index in [-0.39, 0.29) is 0 Å². The zero-order valence-electron chi connectivity index (χ0n) is 7.55. The van der Waals surface area contributed by atoms with Crippen molar-refractivity contribution in [2.75, 3.05) is 19.6 Å². The van der Waals surface area contributed by atoms with Gasteiger partial charge in [-0.25, -0.2) is 0 Å². The Kier molecular flexibility index (Phi) is 3.87. The minimum absolute atomic E-state index is 0.396. The Balaban J connectivity index is 2.13. The van der Waals surface area contributed by atoms with Crippen molar-refractivity contribution in [3.63, 3.8) is 0 Å². The van der Waals surface area contributed by atoms with Crippen molar-refractivity contribution in [1.82, 2.24) is 4.90 Å². The highest BCUT2D eigenvalue weighted by molar-refractivity contribution is 4.70. The summed E-state index contributed by atoms with van der Waals surface area (Å²) in [6.07, 6.45) is 5.27. The molecule has 0 spiro atoms. The van der Waals surface area contributed by atoms with Crippen molar-refractivity contribution in [2.24, 2.45) is 5.73 Å². The predicted molar refractivity (Wildman–Crippen MR) is 48.6 cm³/mol. The second kappa shape index (κ2) is 4.73. The Morgan fingerprint density at radius 1 is 1.27 bits per heavy atom. The molecule has 0 saturated carbocycles. The second-order valence-electron chi connectivity index (χ2n) is 3.53. The van der Waals surface area contributed by atoms with Crippen LogP contribution in [0.1, 0.15) is 32.6 Å². The first-order chi connectivity index (χ1) is 5.33. The summed E-state index contributed by atoms with van der Waals surface area (Å²) in [6.45, 7) is 5.81. The zero-order valence-corrected chi connectivity index (χ0v) is 7.55. The smallest absolute Gasteiger partial charge is 0.0165 e. The van der Waals surface area contributed by atoms with Gasteiger partial charge in [-0.2, -0.15) is 0 Å². The summed E-state index contributed by atoms with van der Waals surface area (Å²) >= 11 is 0. The molecule has 1 aliphatic heterocycles. The highest BCUT2D eigenvalue weighted by atomic mass is 15.1. The van der Waals surface area contributed by atoms with Gasteiger partial charge in [-0.15, -0.1) is 0 Å². The molecule has 1 saturated heterocycles. The molecular formula is C9H20N2. The molecule has 1 unspecified atom stereocenters. The van der Waals surface area contributed by atoms with E-state index in [2.05, 4.69) is 11.8 Å². The van der Waals surface area contributed by atoms with Crippen LogP contribution in [0.5, 0.6) is 0 Å². The van der Waals surface area contributed by atoms with Crippen LogP contribution >= 0.6 is 0 Å². The third-order valence-electron chi connectivity index (χ3n) is 2.47. The molecule has 0 radical (unpaired) electrons. The minimum atomic E-state index is 0.396. The molecule has 0 bridgehead atoms. The van der Waals surface area contributed by atoms with Crippen molar-refractivity contribution in [1.29, 1.82) is 0 Å². The Bertz CT molecular complexity index is 97.7. The zero-order chi connectivity index (χ0) is 8.10. The van der Waals surface area contributed by atoms with Crippen LogP contribution in [0.2, 0.25) is 0 Å². The molecule has 0 aliphatic carbocycles. The number of hydrogen-bond donors (Lipinski definition) is 1. The van der Waals surface area contributed by atoms with Gasteiger partial charge in [0.1, 0.15) is 0 Å². The van der Waals surface area contributed by atoms with Gasteiger partial charge in [-0.1, -0.05) is 13.3 Å². The second-order valence-corrected chi connectivity index (χ2v) is 3.53. The summed E-state index contributed by atoms with van der Waals surface area (Å²) in [5.41, 5.74) is 5.86. The number of piperidine rings is 1. The molecular weight excluding hydrogens is 136 g/mol. The first kappa shape index (κ1) is 9.01. The molecule has 1 heterocycles. The topological polar surface area (TPSA) is 29.3 Å². The van der Waals surface area contributed by atoms with E-state index in [1.165, 1.54) is 32.4 Å². The third-order valence-corrected chi connectivity index (χ3v) is 2.47. The van der Waals surface area contributed by atoms with E-state index in [9.17, 15) is 0 Å². The van der Waals surface area contributed by atoms with Crippen LogP contribution in [0.3, 0.4) is 0 Å². The lowest BCUT2D eigenvalue weighted by atomic mass is 10.1. The number of likely N-dealkylation sites (tertiary alicyclic amines) is 1. The van der Waals surface area contributed by atoms with Gasteiger partial charge in [0.05, 0.1) is 0 Å². The van der Waals surface area contributed by atoms with Gasteiger partial charge < -0.3 is 10.6 Å². The molecule has 1 fully saturated rings. The van der Waals surface area contributed by atoms with Crippen LogP contribution in [0.15, 0.2) is 0 Å². The number of nitrogens with zero attached hydrogens (tertiary/aromatic N) is 1. The summed E-state index contributed by atoms with van der Waals surface area (Å²) in [7, 11) is 0. The summed E-state index contributed by atoms with van der Waals surface area (Å²) in [5.74, 6) is 0. The van der Waals surface area contributed by atoms with Gasteiger partial charge in [0.2, 0.25) is 0 Å². The SMILES string of the molecule is CCC(N)CN1CCCCC1. The van der Waals surface area contributed by atoms with Crippen LogP contribution < -0.4 is 5.73 Å². The van der Waals surface area contributed by atoms with E-state index in [0.29, 0.717) is 6.04 Å². The summed E-state index contributed by atoms with van der Waals surface area (Å²) < 4.78 is 0. The van der Waals surface area contributed by atoms with E-state index in [1.807, 2.05) is 0 Å². The van der Waals surface area contributed by atoms with E-state index in [1.54, 1.807) is 0 Å². The van der Waals surface area contributed by atoms with Crippen LogP contribution in [-0.2, 0) is 0 Å². The number of hydrogen-bond acceptors (Lipinski definition) is 2. The van der Waals surface area contributed by atoms with E-state index in [4.69, 9.17) is 5.73 Å². The summed E-state index contributed by atoms with van der Waals surface area (Å²) in [4.78, 5) is 2.50. The molecule has 2 heteroatoms. The molecule has 1 atom stereocenters. The van der Waals surface area contributed by atoms with Gasteiger partial charge in [0.15, 0.2) is 0 Å². The lowest BCUT2D eigenvalue weighted by molar-refractivity contribution is 0.214. The first-order valence-electron chi connectivity index (χ1n) is 4.81.